The lowest BCUT2D eigenvalue weighted by Gasteiger charge is -2.13. The Hall–Kier alpha value is -3.65. The van der Waals surface area contributed by atoms with Crippen LogP contribution in [0.25, 0.3) is 21.9 Å². The van der Waals surface area contributed by atoms with Gasteiger partial charge in [0.25, 0.3) is 0 Å². The summed E-state index contributed by atoms with van der Waals surface area (Å²) in [5.74, 6) is 0. The number of fused-ring (bicyclic) bond motifs is 1. The van der Waals surface area contributed by atoms with Crippen LogP contribution in [-0.2, 0) is 13.0 Å². The van der Waals surface area contributed by atoms with Crippen LogP contribution >= 0.6 is 0 Å². The molecular formula is C27H22N2. The van der Waals surface area contributed by atoms with Gasteiger partial charge in [0.15, 0.2) is 0 Å². The molecule has 0 amide bonds. The van der Waals surface area contributed by atoms with Gasteiger partial charge in [-0.25, -0.2) is 0 Å². The molecule has 2 aromatic heterocycles. The molecule has 0 aliphatic heterocycles. The van der Waals surface area contributed by atoms with Crippen molar-refractivity contribution in [2.24, 2.45) is 0 Å². The lowest BCUT2D eigenvalue weighted by molar-refractivity contribution is 0.755. The van der Waals surface area contributed by atoms with Crippen molar-refractivity contribution in [1.29, 1.82) is 0 Å². The predicted molar refractivity (Wildman–Crippen MR) is 120 cm³/mol. The highest BCUT2D eigenvalue weighted by Gasteiger charge is 2.13. The van der Waals surface area contributed by atoms with Crippen LogP contribution in [0.2, 0.25) is 0 Å². The first-order chi connectivity index (χ1) is 14.4. The lowest BCUT2D eigenvalue weighted by atomic mass is 9.99. The Morgan fingerprint density at radius 2 is 1.48 bits per heavy atom. The summed E-state index contributed by atoms with van der Waals surface area (Å²) in [7, 11) is 0. The van der Waals surface area contributed by atoms with Crippen LogP contribution in [-0.4, -0.2) is 9.55 Å². The molecule has 2 heterocycles. The van der Waals surface area contributed by atoms with Gasteiger partial charge in [0.05, 0.1) is 0 Å². The molecule has 140 valence electrons. The van der Waals surface area contributed by atoms with Crippen molar-refractivity contribution in [1.82, 2.24) is 9.55 Å². The summed E-state index contributed by atoms with van der Waals surface area (Å²) >= 11 is 0. The third kappa shape index (κ3) is 3.70. The Morgan fingerprint density at radius 3 is 2.31 bits per heavy atom. The minimum absolute atomic E-state index is 0.808. The first-order valence-electron chi connectivity index (χ1n) is 9.98. The Kier molecular flexibility index (Phi) is 4.67. The van der Waals surface area contributed by atoms with Crippen molar-refractivity contribution in [3.8, 4) is 11.1 Å². The van der Waals surface area contributed by atoms with E-state index in [1.165, 1.54) is 33.2 Å². The van der Waals surface area contributed by atoms with E-state index in [1.54, 1.807) is 0 Å². The van der Waals surface area contributed by atoms with E-state index in [4.69, 9.17) is 0 Å². The zero-order valence-corrected chi connectivity index (χ0v) is 16.2. The molecule has 0 unspecified atom stereocenters. The van der Waals surface area contributed by atoms with E-state index in [2.05, 4.69) is 107 Å². The van der Waals surface area contributed by atoms with E-state index in [9.17, 15) is 0 Å². The van der Waals surface area contributed by atoms with E-state index in [1.807, 2.05) is 12.3 Å². The van der Waals surface area contributed by atoms with E-state index >= 15 is 0 Å². The van der Waals surface area contributed by atoms with Gasteiger partial charge in [-0.3, -0.25) is 4.98 Å². The first-order valence-corrected chi connectivity index (χ1v) is 9.98. The second-order valence-electron chi connectivity index (χ2n) is 7.35. The fourth-order valence-electron chi connectivity index (χ4n) is 3.92. The number of rotatable bonds is 5. The van der Waals surface area contributed by atoms with Gasteiger partial charge in [-0.1, -0.05) is 72.8 Å². The van der Waals surface area contributed by atoms with Gasteiger partial charge in [0.2, 0.25) is 0 Å². The number of pyridine rings is 1. The summed E-state index contributed by atoms with van der Waals surface area (Å²) < 4.78 is 2.36. The highest BCUT2D eigenvalue weighted by Crippen LogP contribution is 2.30. The topological polar surface area (TPSA) is 17.8 Å². The molecule has 0 aliphatic rings. The van der Waals surface area contributed by atoms with Crippen LogP contribution in [0, 0.1) is 0 Å². The normalized spacial score (nSPS) is 11.0. The summed E-state index contributed by atoms with van der Waals surface area (Å²) in [4.78, 5) is 4.57. The van der Waals surface area contributed by atoms with E-state index in [0.29, 0.717) is 0 Å². The van der Waals surface area contributed by atoms with Crippen LogP contribution in [0.15, 0.2) is 109 Å². The number of aromatic nitrogens is 2. The minimum Gasteiger partial charge on any atom is -0.346 e. The highest BCUT2D eigenvalue weighted by molar-refractivity contribution is 5.87. The SMILES string of the molecule is c1ccc(Cn2ccc(-c3ccc4ccccc4c3)c2Cc2ccccn2)cc1. The fraction of sp³-hybridized carbons (Fsp3) is 0.0741. The molecule has 0 saturated heterocycles. The van der Waals surface area contributed by atoms with Crippen LogP contribution < -0.4 is 0 Å². The molecule has 2 nitrogen and oxygen atoms in total. The van der Waals surface area contributed by atoms with Crippen molar-refractivity contribution in [3.63, 3.8) is 0 Å². The molecule has 0 spiro atoms. The van der Waals surface area contributed by atoms with Gasteiger partial charge in [-0.05, 0) is 46.2 Å². The zero-order chi connectivity index (χ0) is 19.5. The standard InChI is InChI=1S/C27H22N2/c1-2-8-21(9-3-1)20-29-17-15-26(27(29)19-25-12-6-7-16-28-25)24-14-13-22-10-4-5-11-23(22)18-24/h1-18H,19-20H2. The van der Waals surface area contributed by atoms with Crippen molar-refractivity contribution in [2.45, 2.75) is 13.0 Å². The molecular weight excluding hydrogens is 352 g/mol. The average molecular weight is 374 g/mol. The van der Waals surface area contributed by atoms with Crippen molar-refractivity contribution >= 4 is 10.8 Å². The third-order valence-electron chi connectivity index (χ3n) is 5.41. The van der Waals surface area contributed by atoms with E-state index < -0.39 is 0 Å². The minimum atomic E-state index is 0.808. The highest BCUT2D eigenvalue weighted by atomic mass is 15.0. The van der Waals surface area contributed by atoms with E-state index in [-0.39, 0.29) is 0 Å². The van der Waals surface area contributed by atoms with Gasteiger partial charge >= 0.3 is 0 Å². The van der Waals surface area contributed by atoms with Gasteiger partial charge < -0.3 is 4.57 Å². The number of benzene rings is 3. The summed E-state index contributed by atoms with van der Waals surface area (Å²) in [6.45, 7) is 0.858. The summed E-state index contributed by atoms with van der Waals surface area (Å²) in [5.41, 5.74) is 6.21. The Morgan fingerprint density at radius 1 is 0.690 bits per heavy atom. The van der Waals surface area contributed by atoms with Crippen LogP contribution in [0.1, 0.15) is 17.0 Å². The lowest BCUT2D eigenvalue weighted by Crippen LogP contribution is -2.05. The summed E-state index contributed by atoms with van der Waals surface area (Å²) in [5, 5.41) is 2.54. The third-order valence-corrected chi connectivity index (χ3v) is 5.41. The monoisotopic (exact) mass is 374 g/mol. The van der Waals surface area contributed by atoms with Gasteiger partial charge in [-0.2, -0.15) is 0 Å². The second-order valence-corrected chi connectivity index (χ2v) is 7.35. The Labute approximate surface area is 171 Å². The van der Waals surface area contributed by atoms with Gasteiger partial charge in [-0.15, -0.1) is 0 Å². The van der Waals surface area contributed by atoms with Crippen LogP contribution in [0.3, 0.4) is 0 Å². The number of nitrogens with zero attached hydrogens (tertiary/aromatic N) is 2. The molecule has 0 N–H and O–H groups in total. The van der Waals surface area contributed by atoms with Crippen LogP contribution in [0.4, 0.5) is 0 Å². The molecule has 5 aromatic rings. The largest absolute Gasteiger partial charge is 0.346 e. The quantitative estimate of drug-likeness (QED) is 0.351. The average Bonchev–Trinajstić information content (AvgIpc) is 3.17. The predicted octanol–water partition coefficient (Wildman–Crippen LogP) is 6.34. The number of hydrogen-bond acceptors (Lipinski definition) is 1. The molecule has 0 aliphatic carbocycles. The summed E-state index contributed by atoms with van der Waals surface area (Å²) in [6.07, 6.45) is 4.88. The Bertz CT molecular complexity index is 1240. The maximum absolute atomic E-state index is 4.57. The Balaban J connectivity index is 1.60. The molecule has 5 rings (SSSR count). The fourth-order valence-corrected chi connectivity index (χ4v) is 3.92. The molecule has 0 fully saturated rings. The molecule has 0 saturated carbocycles. The molecule has 0 radical (unpaired) electrons. The van der Waals surface area contributed by atoms with Crippen molar-refractivity contribution < 1.29 is 0 Å². The van der Waals surface area contributed by atoms with Crippen molar-refractivity contribution in [2.75, 3.05) is 0 Å². The molecule has 0 bridgehead atoms. The smallest absolute Gasteiger partial charge is 0.0473 e. The molecule has 0 atom stereocenters. The van der Waals surface area contributed by atoms with Gasteiger partial charge in [0, 0.05) is 42.3 Å². The van der Waals surface area contributed by atoms with E-state index in [0.717, 1.165) is 18.7 Å². The van der Waals surface area contributed by atoms with Crippen LogP contribution in [0.5, 0.6) is 0 Å². The second kappa shape index (κ2) is 7.76. The van der Waals surface area contributed by atoms with Gasteiger partial charge in [0.1, 0.15) is 0 Å². The first kappa shape index (κ1) is 17.4. The molecule has 3 aromatic carbocycles. The maximum Gasteiger partial charge on any atom is 0.0473 e. The summed E-state index contributed by atoms with van der Waals surface area (Å²) in [6, 6.07) is 34.3. The maximum atomic E-state index is 4.57. The van der Waals surface area contributed by atoms with Crippen molar-refractivity contribution in [3.05, 3.63) is 126 Å². The zero-order valence-electron chi connectivity index (χ0n) is 16.2. The number of hydrogen-bond donors (Lipinski definition) is 0. The molecule has 2 heteroatoms. The molecule has 29 heavy (non-hydrogen) atoms.